The van der Waals surface area contributed by atoms with E-state index in [4.69, 9.17) is 9.47 Å². The number of rotatable bonds is 7. The second-order valence-corrected chi connectivity index (χ2v) is 9.44. The second kappa shape index (κ2) is 11.2. The lowest BCUT2D eigenvalue weighted by atomic mass is 9.97. The van der Waals surface area contributed by atoms with Crippen molar-refractivity contribution in [3.8, 4) is 5.75 Å². The Morgan fingerprint density at radius 1 is 1.09 bits per heavy atom. The number of carbonyl (C=O) groups excluding carboxylic acids is 3. The van der Waals surface area contributed by atoms with Gasteiger partial charge in [0, 0.05) is 18.7 Å². The molecule has 2 unspecified atom stereocenters. The smallest absolute Gasteiger partial charge is 0.311 e. The normalized spacial score (nSPS) is 16.3. The number of ether oxygens (including phenoxy) is 2. The van der Waals surface area contributed by atoms with Crippen LogP contribution in [0.25, 0.3) is 0 Å². The highest BCUT2D eigenvalue weighted by molar-refractivity contribution is 7.12. The van der Waals surface area contributed by atoms with Gasteiger partial charge in [-0.25, -0.2) is 0 Å². The lowest BCUT2D eigenvalue weighted by molar-refractivity contribution is -0.160. The summed E-state index contributed by atoms with van der Waals surface area (Å²) in [6.45, 7) is 2.77. The molecule has 1 saturated heterocycles. The Morgan fingerprint density at radius 3 is 2.60 bits per heavy atom. The van der Waals surface area contributed by atoms with E-state index in [-0.39, 0.29) is 12.5 Å². The summed E-state index contributed by atoms with van der Waals surface area (Å²) in [6.07, 6.45) is 0.152. The van der Waals surface area contributed by atoms with Gasteiger partial charge in [-0.15, -0.1) is 11.3 Å². The Labute approximate surface area is 208 Å². The number of benzene rings is 2. The van der Waals surface area contributed by atoms with Gasteiger partial charge in [0.05, 0.1) is 23.6 Å². The zero-order valence-electron chi connectivity index (χ0n) is 19.7. The molecule has 0 bridgehead atoms. The van der Waals surface area contributed by atoms with E-state index in [1.807, 2.05) is 30.5 Å². The summed E-state index contributed by atoms with van der Waals surface area (Å²) in [4.78, 5) is 41.7. The molecule has 2 heterocycles. The maximum Gasteiger partial charge on any atom is 0.311 e. The summed E-state index contributed by atoms with van der Waals surface area (Å²) in [5.74, 6) is -1.04. The summed E-state index contributed by atoms with van der Waals surface area (Å²) < 4.78 is 11.2. The van der Waals surface area contributed by atoms with Crippen molar-refractivity contribution in [2.75, 3.05) is 25.5 Å². The Kier molecular flexibility index (Phi) is 7.82. The molecule has 35 heavy (non-hydrogen) atoms. The van der Waals surface area contributed by atoms with Crippen LogP contribution in [0.15, 0.2) is 66.0 Å². The fourth-order valence-electron chi connectivity index (χ4n) is 4.14. The number of piperidine rings is 1. The van der Waals surface area contributed by atoms with Crippen LogP contribution in [0.4, 0.5) is 5.69 Å². The van der Waals surface area contributed by atoms with Gasteiger partial charge in [-0.05, 0) is 48.9 Å². The van der Waals surface area contributed by atoms with Crippen molar-refractivity contribution in [2.45, 2.75) is 25.9 Å². The molecule has 0 radical (unpaired) electrons. The van der Waals surface area contributed by atoms with Crippen LogP contribution in [0.1, 0.15) is 39.7 Å². The number of aryl methyl sites for hydroxylation is 1. The number of nitrogens with zero attached hydrogens (tertiary/aromatic N) is 1. The Bertz CT molecular complexity index is 1180. The summed E-state index contributed by atoms with van der Waals surface area (Å²) >= 11 is 1.38. The van der Waals surface area contributed by atoms with E-state index in [2.05, 4.69) is 5.32 Å². The van der Waals surface area contributed by atoms with Gasteiger partial charge in [0.1, 0.15) is 5.75 Å². The molecule has 2 amide bonds. The molecule has 2 aromatic carbocycles. The van der Waals surface area contributed by atoms with Gasteiger partial charge >= 0.3 is 5.97 Å². The van der Waals surface area contributed by atoms with Gasteiger partial charge in [0.15, 0.2) is 0 Å². The number of amides is 2. The molecule has 2 atom stereocenters. The first-order chi connectivity index (χ1) is 17.0. The fourth-order valence-corrected chi connectivity index (χ4v) is 4.83. The van der Waals surface area contributed by atoms with Crippen molar-refractivity contribution in [1.29, 1.82) is 0 Å². The average molecular weight is 493 g/mol. The minimum Gasteiger partial charge on any atom is -0.495 e. The minimum atomic E-state index is -1.14. The zero-order valence-corrected chi connectivity index (χ0v) is 20.5. The van der Waals surface area contributed by atoms with E-state index in [1.165, 1.54) is 18.4 Å². The third-order valence-electron chi connectivity index (χ3n) is 5.96. The maximum absolute atomic E-state index is 13.3. The number of carbonyl (C=O) groups is 3. The van der Waals surface area contributed by atoms with Crippen molar-refractivity contribution in [3.05, 3.63) is 82.0 Å². The van der Waals surface area contributed by atoms with E-state index < -0.39 is 23.9 Å². The van der Waals surface area contributed by atoms with Crippen molar-refractivity contribution in [2.24, 2.45) is 5.92 Å². The van der Waals surface area contributed by atoms with E-state index in [1.54, 1.807) is 47.4 Å². The third-order valence-corrected chi connectivity index (χ3v) is 6.82. The predicted molar refractivity (Wildman–Crippen MR) is 135 cm³/mol. The number of nitrogens with one attached hydrogen (secondary N) is 1. The van der Waals surface area contributed by atoms with E-state index >= 15 is 0 Å². The molecule has 1 fully saturated rings. The molecule has 182 valence electrons. The van der Waals surface area contributed by atoms with Crippen LogP contribution in [0, 0.1) is 12.8 Å². The lowest BCUT2D eigenvalue weighted by Crippen LogP contribution is -2.43. The highest BCUT2D eigenvalue weighted by Gasteiger charge is 2.34. The average Bonchev–Trinajstić information content (AvgIpc) is 3.42. The standard InChI is InChI=1S/C27H28N2O5S/c1-18-12-13-22(33-2)21(16-18)28-25(30)24(19-8-4-3-5-9-19)34-27(32)20-10-6-14-29(17-20)26(31)23-11-7-15-35-23/h3-5,7-9,11-13,15-16,20,24H,6,10,14,17H2,1-2H3,(H,28,30). The lowest BCUT2D eigenvalue weighted by Gasteiger charge is -2.32. The molecule has 1 aromatic heterocycles. The molecule has 0 saturated carbocycles. The van der Waals surface area contributed by atoms with Crippen LogP contribution in [-0.4, -0.2) is 42.9 Å². The second-order valence-electron chi connectivity index (χ2n) is 8.49. The van der Waals surface area contributed by atoms with Gasteiger partial charge in [-0.3, -0.25) is 14.4 Å². The third kappa shape index (κ3) is 5.89. The van der Waals surface area contributed by atoms with Gasteiger partial charge in [-0.2, -0.15) is 0 Å². The van der Waals surface area contributed by atoms with Gasteiger partial charge < -0.3 is 19.7 Å². The van der Waals surface area contributed by atoms with E-state index in [9.17, 15) is 14.4 Å². The van der Waals surface area contributed by atoms with E-state index in [0.29, 0.717) is 41.3 Å². The maximum atomic E-state index is 13.3. The van der Waals surface area contributed by atoms with Crippen LogP contribution in [-0.2, 0) is 14.3 Å². The SMILES string of the molecule is COc1ccc(C)cc1NC(=O)C(OC(=O)C1CCCN(C(=O)c2cccs2)C1)c1ccccc1. The number of esters is 1. The van der Waals surface area contributed by atoms with Crippen molar-refractivity contribution < 1.29 is 23.9 Å². The number of hydrogen-bond donors (Lipinski definition) is 1. The largest absolute Gasteiger partial charge is 0.495 e. The first kappa shape index (κ1) is 24.5. The minimum absolute atomic E-state index is 0.0820. The molecular formula is C27H28N2O5S. The monoisotopic (exact) mass is 492 g/mol. The molecular weight excluding hydrogens is 464 g/mol. The summed E-state index contributed by atoms with van der Waals surface area (Å²) in [6, 6.07) is 18.0. The highest BCUT2D eigenvalue weighted by atomic mass is 32.1. The molecule has 0 spiro atoms. The van der Waals surface area contributed by atoms with Crippen molar-refractivity contribution in [1.82, 2.24) is 4.90 Å². The Balaban J connectivity index is 1.51. The van der Waals surface area contributed by atoms with Crippen LogP contribution in [0.3, 0.4) is 0 Å². The molecule has 3 aromatic rings. The highest BCUT2D eigenvalue weighted by Crippen LogP contribution is 2.29. The number of likely N-dealkylation sites (tertiary alicyclic amines) is 1. The molecule has 1 N–H and O–H groups in total. The number of anilines is 1. The van der Waals surface area contributed by atoms with Gasteiger partial charge in [0.2, 0.25) is 6.10 Å². The van der Waals surface area contributed by atoms with E-state index in [0.717, 1.165) is 5.56 Å². The van der Waals surface area contributed by atoms with Crippen LogP contribution in [0.5, 0.6) is 5.75 Å². The van der Waals surface area contributed by atoms with Crippen molar-refractivity contribution in [3.63, 3.8) is 0 Å². The Morgan fingerprint density at radius 2 is 1.89 bits per heavy atom. The number of thiophene rings is 1. The van der Waals surface area contributed by atoms with Crippen LogP contribution >= 0.6 is 11.3 Å². The first-order valence-corrected chi connectivity index (χ1v) is 12.4. The molecule has 7 nitrogen and oxygen atoms in total. The first-order valence-electron chi connectivity index (χ1n) is 11.5. The number of methoxy groups -OCH3 is 1. The molecule has 8 heteroatoms. The predicted octanol–water partition coefficient (Wildman–Crippen LogP) is 4.84. The molecule has 1 aliphatic heterocycles. The number of hydrogen-bond acceptors (Lipinski definition) is 6. The summed E-state index contributed by atoms with van der Waals surface area (Å²) in [5, 5.41) is 4.71. The molecule has 0 aliphatic carbocycles. The quantitative estimate of drug-likeness (QED) is 0.477. The zero-order chi connectivity index (χ0) is 24.8. The van der Waals surface area contributed by atoms with Crippen LogP contribution < -0.4 is 10.1 Å². The van der Waals surface area contributed by atoms with Gasteiger partial charge in [0.25, 0.3) is 11.8 Å². The van der Waals surface area contributed by atoms with Crippen LogP contribution in [0.2, 0.25) is 0 Å². The topological polar surface area (TPSA) is 84.9 Å². The summed E-state index contributed by atoms with van der Waals surface area (Å²) in [5.41, 5.74) is 2.01. The molecule has 4 rings (SSSR count). The Hall–Kier alpha value is -3.65. The molecule has 1 aliphatic rings. The fraction of sp³-hybridized carbons (Fsp3) is 0.296. The van der Waals surface area contributed by atoms with Gasteiger partial charge in [-0.1, -0.05) is 42.5 Å². The summed E-state index contributed by atoms with van der Waals surface area (Å²) in [7, 11) is 1.53. The van der Waals surface area contributed by atoms with Crippen molar-refractivity contribution >= 4 is 34.8 Å².